The highest BCUT2D eigenvalue weighted by Gasteiger charge is 2.31. The van der Waals surface area contributed by atoms with Crippen LogP contribution in [0.3, 0.4) is 0 Å². The molecule has 0 bridgehead atoms. The van der Waals surface area contributed by atoms with Crippen LogP contribution >= 0.6 is 35.3 Å². The van der Waals surface area contributed by atoms with Crippen molar-refractivity contribution >= 4 is 76.2 Å². The van der Waals surface area contributed by atoms with Crippen LogP contribution in [0.1, 0.15) is 22.3 Å². The maximum Gasteiger partial charge on any atom is 0.416 e. The number of rotatable bonds is 10. The summed E-state index contributed by atoms with van der Waals surface area (Å²) in [6.07, 6.45) is -7.28. The van der Waals surface area contributed by atoms with E-state index in [4.69, 9.17) is 11.5 Å². The number of halogens is 6. The van der Waals surface area contributed by atoms with Crippen LogP contribution in [0, 0.1) is 22.7 Å². The molecule has 4 rings (SSSR count). The number of nitrogens with one attached hydrogen (secondary N) is 3. The molecule has 2 aromatic carbocycles. The molecule has 22 heteroatoms. The monoisotopic (exact) mass is 781 g/mol. The number of hydrogen-bond donors (Lipinski definition) is 5. The zero-order chi connectivity index (χ0) is 38.6. The number of nitrogens with zero attached hydrogens (tertiary/aromatic N) is 6. The van der Waals surface area contributed by atoms with Gasteiger partial charge in [0.1, 0.15) is 38.3 Å². The number of alkyl halides is 6. The lowest BCUT2D eigenvalue weighted by Crippen LogP contribution is -2.15. The van der Waals surface area contributed by atoms with Gasteiger partial charge in [-0.3, -0.25) is 9.59 Å². The van der Waals surface area contributed by atoms with E-state index >= 15 is 0 Å². The first-order valence-electron chi connectivity index (χ1n) is 14.1. The maximum atomic E-state index is 12.7. The first kappa shape index (κ1) is 41.0. The van der Waals surface area contributed by atoms with Crippen molar-refractivity contribution in [1.82, 2.24) is 19.9 Å². The standard InChI is InChI=1S/C15H13F3N6OS.C15H12F3N5OS2/c1-21-12-10(6-19)13(24-14(20)23-12)26-7-11(25)22-9-4-2-3-8(5-9)15(16,17)18;1-25-12-10(6-19)13(23-14(20)22-12)26-7-11(24)21-9-4-2-3-8(5-9)15(16,17)18/h2-5H,7H2,1H3,(H,22,25)(H3,20,21,23,24);2-5H,7H2,1H3,(H,21,24)(H2,20,22,23). The van der Waals surface area contributed by atoms with Crippen LogP contribution in [0.5, 0.6) is 0 Å². The maximum absolute atomic E-state index is 12.7. The molecule has 0 aliphatic heterocycles. The Labute approximate surface area is 304 Å². The molecule has 0 aliphatic rings. The van der Waals surface area contributed by atoms with E-state index in [1.165, 1.54) is 36.0 Å². The van der Waals surface area contributed by atoms with Crippen LogP contribution in [0.15, 0.2) is 63.6 Å². The Hall–Kier alpha value is -5.45. The number of carbonyl (C=O) groups is 2. The van der Waals surface area contributed by atoms with Crippen molar-refractivity contribution in [2.75, 3.05) is 52.2 Å². The van der Waals surface area contributed by atoms with Gasteiger partial charge in [-0.2, -0.15) is 41.9 Å². The summed E-state index contributed by atoms with van der Waals surface area (Å²) in [6, 6.07) is 12.5. The average molecular weight is 782 g/mol. The molecule has 0 radical (unpaired) electrons. The van der Waals surface area contributed by atoms with Gasteiger partial charge in [0.25, 0.3) is 0 Å². The summed E-state index contributed by atoms with van der Waals surface area (Å²) in [7, 11) is 1.55. The molecule has 0 aliphatic carbocycles. The Morgan fingerprint density at radius 3 is 1.56 bits per heavy atom. The molecule has 0 unspecified atom stereocenters. The molecule has 0 atom stereocenters. The molecule has 0 saturated heterocycles. The van der Waals surface area contributed by atoms with Crippen LogP contribution in [0.4, 0.5) is 55.4 Å². The fourth-order valence-corrected chi connectivity index (χ4v) is 6.00. The second kappa shape index (κ2) is 18.2. The van der Waals surface area contributed by atoms with Crippen LogP contribution < -0.4 is 27.4 Å². The van der Waals surface area contributed by atoms with Gasteiger partial charge < -0.3 is 27.4 Å². The molecule has 0 saturated carbocycles. The number of nitrogen functional groups attached to an aromatic ring is 2. The van der Waals surface area contributed by atoms with Crippen molar-refractivity contribution in [2.24, 2.45) is 0 Å². The SMILES string of the molecule is CNc1nc(N)nc(SCC(=O)Nc2cccc(C(F)(F)F)c2)c1C#N.CSc1nc(N)nc(SCC(=O)Nc2cccc(C(F)(F)F)c2)c1C#N. The number of amides is 2. The van der Waals surface area contributed by atoms with Crippen LogP contribution in [0.2, 0.25) is 0 Å². The minimum atomic E-state index is -4.50. The summed E-state index contributed by atoms with van der Waals surface area (Å²) >= 11 is 3.09. The predicted molar refractivity (Wildman–Crippen MR) is 185 cm³/mol. The van der Waals surface area contributed by atoms with Crippen LogP contribution in [-0.4, -0.2) is 56.6 Å². The van der Waals surface area contributed by atoms with Gasteiger partial charge in [-0.1, -0.05) is 35.7 Å². The molecule has 4 aromatic rings. The number of anilines is 5. The fourth-order valence-electron chi connectivity index (χ4n) is 3.84. The normalized spacial score (nSPS) is 11.0. The average Bonchev–Trinajstić information content (AvgIpc) is 3.09. The third-order valence-corrected chi connectivity index (χ3v) is 8.67. The molecule has 13 nitrogen and oxygen atoms in total. The van der Waals surface area contributed by atoms with Gasteiger partial charge in [-0.15, -0.1) is 11.8 Å². The van der Waals surface area contributed by atoms with Gasteiger partial charge in [-0.05, 0) is 42.7 Å². The number of nitriles is 2. The Bertz CT molecular complexity index is 1880. The van der Waals surface area contributed by atoms with Crippen molar-refractivity contribution < 1.29 is 35.9 Å². The molecule has 272 valence electrons. The van der Waals surface area contributed by atoms with E-state index in [1.54, 1.807) is 13.3 Å². The molecule has 7 N–H and O–H groups in total. The largest absolute Gasteiger partial charge is 0.416 e. The summed E-state index contributed by atoms with van der Waals surface area (Å²) < 4.78 is 76.1. The van der Waals surface area contributed by atoms with Crippen molar-refractivity contribution in [3.05, 3.63) is 70.8 Å². The quantitative estimate of drug-likeness (QED) is 0.0695. The summed E-state index contributed by atoms with van der Waals surface area (Å²) in [4.78, 5) is 39.7. The van der Waals surface area contributed by atoms with Crippen molar-refractivity contribution in [2.45, 2.75) is 27.4 Å². The molecule has 0 fully saturated rings. The van der Waals surface area contributed by atoms with Gasteiger partial charge in [0.05, 0.1) is 22.6 Å². The third-order valence-electron chi connectivity index (χ3n) is 6.03. The minimum Gasteiger partial charge on any atom is -0.372 e. The first-order chi connectivity index (χ1) is 24.5. The Balaban J connectivity index is 0.000000280. The van der Waals surface area contributed by atoms with Gasteiger partial charge >= 0.3 is 12.4 Å². The summed E-state index contributed by atoms with van der Waals surface area (Å²) in [5, 5.41) is 26.7. The van der Waals surface area contributed by atoms with E-state index in [0.29, 0.717) is 5.03 Å². The van der Waals surface area contributed by atoms with Crippen molar-refractivity contribution in [1.29, 1.82) is 10.5 Å². The molecule has 2 heterocycles. The molecule has 0 spiro atoms. The highest BCUT2D eigenvalue weighted by atomic mass is 32.2. The van der Waals surface area contributed by atoms with Gasteiger partial charge in [0.15, 0.2) is 5.82 Å². The summed E-state index contributed by atoms with van der Waals surface area (Å²) in [5.41, 5.74) is 9.78. The van der Waals surface area contributed by atoms with Gasteiger partial charge in [-0.25, -0.2) is 15.0 Å². The minimum absolute atomic E-state index is 0.0176. The lowest BCUT2D eigenvalue weighted by atomic mass is 10.2. The number of nitrogens with two attached hydrogens (primary N) is 2. The Kier molecular flexibility index (Phi) is 14.3. The van der Waals surface area contributed by atoms with Gasteiger partial charge in [0.2, 0.25) is 23.7 Å². The molecule has 2 amide bonds. The van der Waals surface area contributed by atoms with Crippen molar-refractivity contribution in [3.63, 3.8) is 0 Å². The van der Waals surface area contributed by atoms with E-state index in [0.717, 1.165) is 47.8 Å². The lowest BCUT2D eigenvalue weighted by molar-refractivity contribution is -0.138. The van der Waals surface area contributed by atoms with Crippen molar-refractivity contribution in [3.8, 4) is 12.1 Å². The van der Waals surface area contributed by atoms with E-state index in [1.807, 2.05) is 12.1 Å². The summed E-state index contributed by atoms with van der Waals surface area (Å²) in [5.74, 6) is -1.31. The molecular formula is C30H25F6N11O2S3. The van der Waals surface area contributed by atoms with E-state index < -0.39 is 35.3 Å². The Morgan fingerprint density at radius 2 is 1.15 bits per heavy atom. The number of carbonyl (C=O) groups excluding carboxylic acids is 2. The predicted octanol–water partition coefficient (Wildman–Crippen LogP) is 6.12. The molecule has 2 aromatic heterocycles. The molecular weight excluding hydrogens is 757 g/mol. The van der Waals surface area contributed by atoms with Crippen LogP contribution in [0.25, 0.3) is 0 Å². The molecule has 52 heavy (non-hydrogen) atoms. The van der Waals surface area contributed by atoms with E-state index in [-0.39, 0.29) is 61.8 Å². The van der Waals surface area contributed by atoms with E-state index in [2.05, 4.69) is 35.9 Å². The third kappa shape index (κ3) is 11.8. The number of benzene rings is 2. The zero-order valence-corrected chi connectivity index (χ0v) is 29.1. The smallest absolute Gasteiger partial charge is 0.372 e. The zero-order valence-electron chi connectivity index (χ0n) is 26.7. The highest BCUT2D eigenvalue weighted by molar-refractivity contribution is 8.00. The topological polar surface area (TPSA) is 221 Å². The first-order valence-corrected chi connectivity index (χ1v) is 17.2. The van der Waals surface area contributed by atoms with Gasteiger partial charge in [0, 0.05) is 18.4 Å². The summed E-state index contributed by atoms with van der Waals surface area (Å²) in [6.45, 7) is 0. The fraction of sp³-hybridized carbons (Fsp3) is 0.200. The number of thioether (sulfide) groups is 3. The second-order valence-corrected chi connectivity index (χ2v) is 12.4. The second-order valence-electron chi connectivity index (χ2n) is 9.69. The Morgan fingerprint density at radius 1 is 0.731 bits per heavy atom. The number of hydrogen-bond acceptors (Lipinski definition) is 14. The van der Waals surface area contributed by atoms with E-state index in [9.17, 15) is 46.5 Å². The van der Waals surface area contributed by atoms with Crippen LogP contribution in [-0.2, 0) is 21.9 Å². The number of aromatic nitrogens is 4. The highest BCUT2D eigenvalue weighted by Crippen LogP contribution is 2.33. The lowest BCUT2D eigenvalue weighted by Gasteiger charge is -2.10.